The number of hydrogen-bond acceptors (Lipinski definition) is 5. The van der Waals surface area contributed by atoms with E-state index in [4.69, 9.17) is 4.74 Å². The second-order valence-corrected chi connectivity index (χ2v) is 9.17. The Kier molecular flexibility index (Phi) is 7.02. The van der Waals surface area contributed by atoms with Crippen LogP contribution in [-0.4, -0.2) is 37.9 Å². The number of aromatic nitrogens is 1. The second kappa shape index (κ2) is 8.92. The minimum Gasteiger partial charge on any atom is -0.456 e. The number of nitrogens with one attached hydrogen (secondary N) is 1. The van der Waals surface area contributed by atoms with Crippen molar-refractivity contribution in [2.45, 2.75) is 52.5 Å². The zero-order valence-electron chi connectivity index (χ0n) is 17.7. The summed E-state index contributed by atoms with van der Waals surface area (Å²) in [4.78, 5) is 24.4. The highest BCUT2D eigenvalue weighted by Crippen LogP contribution is 2.20. The van der Waals surface area contributed by atoms with Crippen molar-refractivity contribution in [2.24, 2.45) is 0 Å². The Hall–Kier alpha value is -2.45. The molecule has 8 heteroatoms. The Morgan fingerprint density at radius 1 is 1.07 bits per heavy atom. The molecule has 0 saturated heterocycles. The SMILES string of the molecule is Cc1ccc(S(=O)(=O)NCC(=O)OCC(=O)c2cc(C)n(C(C)C)c2C)cc1C. The zero-order chi connectivity index (χ0) is 21.9. The minimum absolute atomic E-state index is 0.0746. The van der Waals surface area contributed by atoms with Gasteiger partial charge in [0.1, 0.15) is 6.54 Å². The van der Waals surface area contributed by atoms with Crippen molar-refractivity contribution in [2.75, 3.05) is 13.2 Å². The van der Waals surface area contributed by atoms with Crippen molar-refractivity contribution < 1.29 is 22.7 Å². The first-order valence-electron chi connectivity index (χ1n) is 9.38. The summed E-state index contributed by atoms with van der Waals surface area (Å²) in [6, 6.07) is 6.70. The molecule has 0 aliphatic heterocycles. The van der Waals surface area contributed by atoms with Gasteiger partial charge < -0.3 is 9.30 Å². The van der Waals surface area contributed by atoms with Crippen LogP contribution in [0, 0.1) is 27.7 Å². The summed E-state index contributed by atoms with van der Waals surface area (Å²) >= 11 is 0. The number of Topliss-reactive ketones (excluding diaryl/α,β-unsaturated/α-hetero) is 1. The molecule has 0 spiro atoms. The van der Waals surface area contributed by atoms with E-state index in [1.54, 1.807) is 12.1 Å². The van der Waals surface area contributed by atoms with Gasteiger partial charge in [-0.1, -0.05) is 6.07 Å². The molecule has 7 nitrogen and oxygen atoms in total. The molecule has 1 heterocycles. The monoisotopic (exact) mass is 420 g/mol. The summed E-state index contributed by atoms with van der Waals surface area (Å²) in [7, 11) is -3.84. The van der Waals surface area contributed by atoms with Gasteiger partial charge >= 0.3 is 5.97 Å². The molecule has 1 N–H and O–H groups in total. The predicted octanol–water partition coefficient (Wildman–Crippen LogP) is 3.01. The molecule has 0 unspecified atom stereocenters. The van der Waals surface area contributed by atoms with Crippen LogP contribution in [0.4, 0.5) is 0 Å². The van der Waals surface area contributed by atoms with E-state index in [0.29, 0.717) is 5.56 Å². The van der Waals surface area contributed by atoms with Crippen molar-refractivity contribution in [3.05, 3.63) is 52.3 Å². The normalized spacial score (nSPS) is 11.7. The molecule has 0 bridgehead atoms. The van der Waals surface area contributed by atoms with Gasteiger partial charge in [-0.15, -0.1) is 0 Å². The summed E-state index contributed by atoms with van der Waals surface area (Å²) in [6.45, 7) is 10.5. The number of rotatable bonds is 8. The molecule has 0 aliphatic rings. The van der Waals surface area contributed by atoms with Crippen LogP contribution in [0.25, 0.3) is 0 Å². The first-order chi connectivity index (χ1) is 13.4. The summed E-state index contributed by atoms with van der Waals surface area (Å²) in [5.41, 5.74) is 4.07. The van der Waals surface area contributed by atoms with Crippen LogP contribution < -0.4 is 4.72 Å². The lowest BCUT2D eigenvalue weighted by molar-refractivity contribution is -0.141. The third-order valence-corrected chi connectivity index (χ3v) is 6.26. The Labute approximate surface area is 172 Å². The van der Waals surface area contributed by atoms with Gasteiger partial charge in [-0.25, -0.2) is 8.42 Å². The fourth-order valence-corrected chi connectivity index (χ4v) is 4.30. The number of hydrogen-bond donors (Lipinski definition) is 1. The fourth-order valence-electron chi connectivity index (χ4n) is 3.25. The van der Waals surface area contributed by atoms with E-state index in [0.717, 1.165) is 22.5 Å². The van der Waals surface area contributed by atoms with Gasteiger partial charge in [0.05, 0.1) is 4.90 Å². The van der Waals surface area contributed by atoms with Crippen molar-refractivity contribution in [3.8, 4) is 0 Å². The molecular formula is C21H28N2O5S. The summed E-state index contributed by atoms with van der Waals surface area (Å²) in [5, 5.41) is 0. The second-order valence-electron chi connectivity index (χ2n) is 7.40. The predicted molar refractivity (Wildman–Crippen MR) is 111 cm³/mol. The van der Waals surface area contributed by atoms with Gasteiger partial charge in [-0.2, -0.15) is 4.72 Å². The number of benzene rings is 1. The standard InChI is InChI=1S/C21H28N2O5S/c1-13(2)23-16(5)10-19(17(23)6)20(24)12-28-21(25)11-22-29(26,27)18-8-7-14(3)15(4)9-18/h7-10,13,22H,11-12H2,1-6H3. The zero-order valence-corrected chi connectivity index (χ0v) is 18.5. The van der Waals surface area contributed by atoms with Crippen LogP contribution in [-0.2, 0) is 19.6 Å². The fraction of sp³-hybridized carbons (Fsp3) is 0.429. The van der Waals surface area contributed by atoms with Crippen LogP contribution in [0.2, 0.25) is 0 Å². The quantitative estimate of drug-likeness (QED) is 0.523. The van der Waals surface area contributed by atoms with Gasteiger partial charge in [-0.05, 0) is 70.9 Å². The van der Waals surface area contributed by atoms with Gasteiger partial charge in [-0.3, -0.25) is 9.59 Å². The highest BCUT2D eigenvalue weighted by atomic mass is 32.2. The Balaban J connectivity index is 1.95. The van der Waals surface area contributed by atoms with E-state index in [1.807, 2.05) is 46.1 Å². The number of esters is 1. The summed E-state index contributed by atoms with van der Waals surface area (Å²) in [5.74, 6) is -1.14. The van der Waals surface area contributed by atoms with Gasteiger partial charge in [0.15, 0.2) is 6.61 Å². The number of carbonyl (C=O) groups is 2. The number of sulfonamides is 1. The number of ether oxygens (including phenoxy) is 1. The lowest BCUT2D eigenvalue weighted by atomic mass is 10.1. The molecule has 2 rings (SSSR count). The van der Waals surface area contributed by atoms with E-state index in [1.165, 1.54) is 12.1 Å². The van der Waals surface area contributed by atoms with Crippen molar-refractivity contribution in [3.63, 3.8) is 0 Å². The molecule has 0 saturated carbocycles. The van der Waals surface area contributed by atoms with E-state index >= 15 is 0 Å². The molecule has 1 aromatic heterocycles. The molecule has 29 heavy (non-hydrogen) atoms. The molecule has 0 atom stereocenters. The lowest BCUT2D eigenvalue weighted by Crippen LogP contribution is -2.31. The van der Waals surface area contributed by atoms with Crippen molar-refractivity contribution >= 4 is 21.8 Å². The molecule has 0 amide bonds. The largest absolute Gasteiger partial charge is 0.456 e. The average Bonchev–Trinajstić information content (AvgIpc) is 2.94. The number of nitrogens with zero attached hydrogens (tertiary/aromatic N) is 1. The topological polar surface area (TPSA) is 94.5 Å². The number of carbonyl (C=O) groups excluding carboxylic acids is 2. The van der Waals surface area contributed by atoms with Crippen LogP contribution in [0.5, 0.6) is 0 Å². The first-order valence-corrected chi connectivity index (χ1v) is 10.9. The smallest absolute Gasteiger partial charge is 0.321 e. The van der Waals surface area contributed by atoms with Gasteiger partial charge in [0.2, 0.25) is 15.8 Å². The molecule has 0 radical (unpaired) electrons. The molecule has 158 valence electrons. The minimum atomic E-state index is -3.84. The lowest BCUT2D eigenvalue weighted by Gasteiger charge is -2.13. The van der Waals surface area contributed by atoms with Crippen LogP contribution >= 0.6 is 0 Å². The Morgan fingerprint density at radius 3 is 2.28 bits per heavy atom. The Bertz CT molecular complexity index is 1040. The number of aryl methyl sites for hydroxylation is 3. The van der Waals surface area contributed by atoms with E-state index in [2.05, 4.69) is 4.72 Å². The maximum Gasteiger partial charge on any atom is 0.321 e. The van der Waals surface area contributed by atoms with Crippen LogP contribution in [0.15, 0.2) is 29.2 Å². The molecule has 0 aliphatic carbocycles. The van der Waals surface area contributed by atoms with Gasteiger partial charge in [0.25, 0.3) is 0 Å². The number of ketones is 1. The maximum atomic E-state index is 12.4. The van der Waals surface area contributed by atoms with Crippen molar-refractivity contribution in [1.82, 2.24) is 9.29 Å². The van der Waals surface area contributed by atoms with Crippen LogP contribution in [0.3, 0.4) is 0 Å². The molecule has 0 fully saturated rings. The summed E-state index contributed by atoms with van der Waals surface area (Å²) in [6.07, 6.45) is 0. The highest BCUT2D eigenvalue weighted by molar-refractivity contribution is 7.89. The summed E-state index contributed by atoms with van der Waals surface area (Å²) < 4.78 is 33.9. The highest BCUT2D eigenvalue weighted by Gasteiger charge is 2.20. The maximum absolute atomic E-state index is 12.4. The molecule has 2 aromatic rings. The third-order valence-electron chi connectivity index (χ3n) is 4.86. The first kappa shape index (κ1) is 22.8. The van der Waals surface area contributed by atoms with Crippen LogP contribution in [0.1, 0.15) is 52.8 Å². The molecular weight excluding hydrogens is 392 g/mol. The van der Waals surface area contributed by atoms with E-state index < -0.39 is 29.1 Å². The average molecular weight is 421 g/mol. The van der Waals surface area contributed by atoms with E-state index in [9.17, 15) is 18.0 Å². The molecule has 1 aromatic carbocycles. The van der Waals surface area contributed by atoms with Crippen molar-refractivity contribution in [1.29, 1.82) is 0 Å². The third kappa shape index (κ3) is 5.33. The Morgan fingerprint density at radius 2 is 1.72 bits per heavy atom. The van der Waals surface area contributed by atoms with Gasteiger partial charge in [0, 0.05) is 23.0 Å². The van der Waals surface area contributed by atoms with E-state index in [-0.39, 0.29) is 16.7 Å².